The monoisotopic (exact) mass is 281 g/mol. The van der Waals surface area contributed by atoms with Gasteiger partial charge in [-0.25, -0.2) is 0 Å². The maximum Gasteiger partial charge on any atom is 0.245 e. The molecule has 3 heteroatoms. The van der Waals surface area contributed by atoms with Crippen LogP contribution in [-0.4, -0.2) is 9.83 Å². The number of unbranched alkanes of at least 4 members (excludes halogenated alkanes) is 2. The highest BCUT2D eigenvalue weighted by atomic mass is 127. The Balaban J connectivity index is 3.64. The number of amides is 1. The van der Waals surface area contributed by atoms with Crippen molar-refractivity contribution in [2.24, 2.45) is 5.73 Å². The normalized spacial score (nSPS) is 12.5. The van der Waals surface area contributed by atoms with E-state index in [4.69, 9.17) is 5.73 Å². The van der Waals surface area contributed by atoms with Crippen molar-refractivity contribution in [3.05, 3.63) is 12.2 Å². The van der Waals surface area contributed by atoms with E-state index < -0.39 is 0 Å². The molecule has 0 rings (SSSR count). The van der Waals surface area contributed by atoms with Gasteiger partial charge in [0.1, 0.15) is 0 Å². The van der Waals surface area contributed by atoms with Crippen molar-refractivity contribution in [3.63, 3.8) is 0 Å². The fraction of sp³-hybridized carbons (Fsp3) is 0.667. The number of carbonyl (C=O) groups excluding carboxylic acids is 1. The molecule has 0 aliphatic carbocycles. The maximum atomic E-state index is 10.7. The summed E-state index contributed by atoms with van der Waals surface area (Å²) in [6.07, 6.45) is 4.57. The Bertz CT molecular complexity index is 168. The summed E-state index contributed by atoms with van der Waals surface area (Å²) in [5.74, 6) is -0.370. The Morgan fingerprint density at radius 1 is 1.58 bits per heavy atom. The van der Waals surface area contributed by atoms with Gasteiger partial charge in [-0.3, -0.25) is 4.79 Å². The second kappa shape index (κ2) is 6.46. The molecule has 0 aromatic rings. The third kappa shape index (κ3) is 4.74. The van der Waals surface area contributed by atoms with E-state index in [2.05, 4.69) is 36.1 Å². The lowest BCUT2D eigenvalue weighted by Gasteiger charge is -2.08. The van der Waals surface area contributed by atoms with Crippen LogP contribution in [0.3, 0.4) is 0 Å². The molecule has 0 spiro atoms. The lowest BCUT2D eigenvalue weighted by atomic mass is 10.1. The van der Waals surface area contributed by atoms with E-state index in [0.29, 0.717) is 5.57 Å². The Kier molecular flexibility index (Phi) is 6.42. The third-order valence-electron chi connectivity index (χ3n) is 1.76. The minimum absolute atomic E-state index is 0.214. The van der Waals surface area contributed by atoms with E-state index in [1.54, 1.807) is 0 Å². The molecule has 0 aromatic heterocycles. The molecule has 0 heterocycles. The van der Waals surface area contributed by atoms with Gasteiger partial charge >= 0.3 is 0 Å². The summed E-state index contributed by atoms with van der Waals surface area (Å²) in [4.78, 5) is 10.7. The highest BCUT2D eigenvalue weighted by molar-refractivity contribution is 14.1. The maximum absolute atomic E-state index is 10.7. The lowest BCUT2D eigenvalue weighted by molar-refractivity contribution is -0.114. The number of rotatable bonds is 6. The smallest absolute Gasteiger partial charge is 0.245 e. The Labute approximate surface area is 87.7 Å². The first kappa shape index (κ1) is 11.9. The quantitative estimate of drug-likeness (QED) is 0.345. The predicted octanol–water partition coefficient (Wildman–Crippen LogP) is 2.41. The van der Waals surface area contributed by atoms with Crippen molar-refractivity contribution < 1.29 is 4.79 Å². The number of halogens is 1. The van der Waals surface area contributed by atoms with Crippen molar-refractivity contribution in [2.75, 3.05) is 0 Å². The summed E-state index contributed by atoms with van der Waals surface area (Å²) in [6, 6.07) is 0. The number of hydrogen-bond acceptors (Lipinski definition) is 1. The molecule has 0 bridgehead atoms. The topological polar surface area (TPSA) is 43.1 Å². The summed E-state index contributed by atoms with van der Waals surface area (Å²) in [6.45, 7) is 5.81. The van der Waals surface area contributed by atoms with Crippen molar-refractivity contribution in [1.29, 1.82) is 0 Å². The average Bonchev–Trinajstić information content (AvgIpc) is 2.03. The zero-order valence-electron chi connectivity index (χ0n) is 7.48. The number of carbonyl (C=O) groups is 1. The molecule has 0 aromatic carbocycles. The molecule has 0 saturated carbocycles. The highest BCUT2D eigenvalue weighted by Crippen LogP contribution is 2.18. The molecule has 1 unspecified atom stereocenters. The average molecular weight is 281 g/mol. The summed E-state index contributed by atoms with van der Waals surface area (Å²) in [7, 11) is 0. The van der Waals surface area contributed by atoms with E-state index in [0.717, 1.165) is 12.8 Å². The number of primary amides is 1. The zero-order chi connectivity index (χ0) is 9.56. The van der Waals surface area contributed by atoms with Crippen LogP contribution in [0.4, 0.5) is 0 Å². The second-order valence-electron chi connectivity index (χ2n) is 2.85. The standard InChI is InChI=1S/C9H16INO/c1-3-4-5-6-8(10)7(2)9(11)12/h8H,2-6H2,1H3,(H2,11,12). The predicted molar refractivity (Wildman–Crippen MR) is 60.3 cm³/mol. The van der Waals surface area contributed by atoms with Crippen LogP contribution in [0, 0.1) is 0 Å². The summed E-state index contributed by atoms with van der Waals surface area (Å²) in [5.41, 5.74) is 5.65. The number of nitrogens with two attached hydrogens (primary N) is 1. The van der Waals surface area contributed by atoms with Crippen LogP contribution >= 0.6 is 22.6 Å². The minimum atomic E-state index is -0.370. The largest absolute Gasteiger partial charge is 0.366 e. The molecule has 0 fully saturated rings. The van der Waals surface area contributed by atoms with Gasteiger partial charge in [-0.15, -0.1) is 0 Å². The van der Waals surface area contributed by atoms with Gasteiger partial charge in [-0.1, -0.05) is 55.4 Å². The van der Waals surface area contributed by atoms with E-state index in [1.807, 2.05) is 0 Å². The molecule has 12 heavy (non-hydrogen) atoms. The Hall–Kier alpha value is -0.0600. The highest BCUT2D eigenvalue weighted by Gasteiger charge is 2.12. The van der Waals surface area contributed by atoms with Crippen LogP contribution in [-0.2, 0) is 4.79 Å². The minimum Gasteiger partial charge on any atom is -0.366 e. The molecule has 70 valence electrons. The van der Waals surface area contributed by atoms with Crippen LogP contribution in [0.15, 0.2) is 12.2 Å². The summed E-state index contributed by atoms with van der Waals surface area (Å²) < 4.78 is 0.214. The fourth-order valence-electron chi connectivity index (χ4n) is 0.902. The molecule has 0 radical (unpaired) electrons. The molecular weight excluding hydrogens is 265 g/mol. The van der Waals surface area contributed by atoms with Crippen molar-refractivity contribution in [2.45, 2.75) is 36.5 Å². The Morgan fingerprint density at radius 2 is 2.17 bits per heavy atom. The van der Waals surface area contributed by atoms with Crippen molar-refractivity contribution in [1.82, 2.24) is 0 Å². The molecule has 2 N–H and O–H groups in total. The van der Waals surface area contributed by atoms with Gasteiger partial charge in [0.05, 0.1) is 0 Å². The molecule has 0 aliphatic heterocycles. The Morgan fingerprint density at radius 3 is 2.58 bits per heavy atom. The van der Waals surface area contributed by atoms with Crippen molar-refractivity contribution in [3.8, 4) is 0 Å². The summed E-state index contributed by atoms with van der Waals surface area (Å²) >= 11 is 2.22. The molecule has 1 atom stereocenters. The summed E-state index contributed by atoms with van der Waals surface area (Å²) in [5, 5.41) is 0. The lowest BCUT2D eigenvalue weighted by Crippen LogP contribution is -2.19. The number of hydrogen-bond donors (Lipinski definition) is 1. The van der Waals surface area contributed by atoms with Gasteiger partial charge in [0.2, 0.25) is 5.91 Å². The fourth-order valence-corrected chi connectivity index (χ4v) is 1.65. The van der Waals surface area contributed by atoms with Crippen LogP contribution in [0.2, 0.25) is 0 Å². The van der Waals surface area contributed by atoms with Gasteiger partial charge in [0.15, 0.2) is 0 Å². The van der Waals surface area contributed by atoms with Crippen LogP contribution in [0.5, 0.6) is 0 Å². The van der Waals surface area contributed by atoms with Crippen LogP contribution in [0.25, 0.3) is 0 Å². The van der Waals surface area contributed by atoms with Gasteiger partial charge in [0, 0.05) is 9.50 Å². The van der Waals surface area contributed by atoms with E-state index >= 15 is 0 Å². The van der Waals surface area contributed by atoms with Gasteiger partial charge in [0.25, 0.3) is 0 Å². The van der Waals surface area contributed by atoms with E-state index in [9.17, 15) is 4.79 Å². The molecule has 0 saturated heterocycles. The second-order valence-corrected chi connectivity index (χ2v) is 4.36. The molecule has 0 aliphatic rings. The third-order valence-corrected chi connectivity index (χ3v) is 3.13. The molecule has 1 amide bonds. The zero-order valence-corrected chi connectivity index (χ0v) is 9.63. The van der Waals surface area contributed by atoms with Crippen molar-refractivity contribution >= 4 is 28.5 Å². The first-order valence-corrected chi connectivity index (χ1v) is 5.46. The first-order valence-electron chi connectivity index (χ1n) is 4.22. The van der Waals surface area contributed by atoms with Gasteiger partial charge in [-0.05, 0) is 6.42 Å². The van der Waals surface area contributed by atoms with Gasteiger partial charge in [-0.2, -0.15) is 0 Å². The SMILES string of the molecule is C=C(C(N)=O)C(I)CCCCC. The first-order chi connectivity index (χ1) is 5.59. The molecule has 2 nitrogen and oxygen atoms in total. The van der Waals surface area contributed by atoms with E-state index in [1.165, 1.54) is 12.8 Å². The molecular formula is C9H16INO. The van der Waals surface area contributed by atoms with E-state index in [-0.39, 0.29) is 9.83 Å². The number of alkyl halides is 1. The van der Waals surface area contributed by atoms with Gasteiger partial charge < -0.3 is 5.73 Å². The van der Waals surface area contributed by atoms with Crippen LogP contribution < -0.4 is 5.73 Å². The van der Waals surface area contributed by atoms with Crippen LogP contribution in [0.1, 0.15) is 32.6 Å².